The first-order valence-electron chi connectivity index (χ1n) is 10.2. The van der Waals surface area contributed by atoms with Gasteiger partial charge < -0.3 is 10.6 Å². The van der Waals surface area contributed by atoms with E-state index < -0.39 is 11.9 Å². The standard InChI is InChI=1S/C23H26N4O3/c1-26(19(12-24)15-6-3-2-4-7-15)13-16-8-5-9-17-14-27(23(30)21(16)17)18-10-11-20(28)25-22(18)29/h2-9,18-19H,10-14,24H2,1H3,(H,25,28,29). The number of nitrogens with two attached hydrogens (primary N) is 1. The van der Waals surface area contributed by atoms with E-state index in [9.17, 15) is 14.4 Å². The van der Waals surface area contributed by atoms with Crippen LogP contribution >= 0.6 is 0 Å². The SMILES string of the molecule is CN(Cc1cccc2c1C(=O)N(C1CCC(=O)NC1=O)C2)C(CN)c1ccccc1. The summed E-state index contributed by atoms with van der Waals surface area (Å²) < 4.78 is 0. The van der Waals surface area contributed by atoms with Gasteiger partial charge in [0.15, 0.2) is 0 Å². The van der Waals surface area contributed by atoms with Crippen molar-refractivity contribution in [2.24, 2.45) is 5.73 Å². The molecule has 2 aromatic carbocycles. The minimum Gasteiger partial charge on any atom is -0.329 e. The monoisotopic (exact) mass is 406 g/mol. The molecule has 0 aliphatic carbocycles. The van der Waals surface area contributed by atoms with Crippen molar-refractivity contribution < 1.29 is 14.4 Å². The highest BCUT2D eigenvalue weighted by atomic mass is 16.2. The van der Waals surface area contributed by atoms with Gasteiger partial charge in [0.05, 0.1) is 0 Å². The molecule has 30 heavy (non-hydrogen) atoms. The molecule has 156 valence electrons. The summed E-state index contributed by atoms with van der Waals surface area (Å²) in [5, 5.41) is 2.35. The van der Waals surface area contributed by atoms with Gasteiger partial charge in [-0.3, -0.25) is 24.6 Å². The summed E-state index contributed by atoms with van der Waals surface area (Å²) in [6.45, 7) is 1.41. The van der Waals surface area contributed by atoms with Crippen molar-refractivity contribution >= 4 is 17.7 Å². The number of piperidine rings is 1. The van der Waals surface area contributed by atoms with Crippen LogP contribution in [0.1, 0.15) is 45.9 Å². The van der Waals surface area contributed by atoms with Crippen LogP contribution in [-0.4, -0.2) is 47.2 Å². The minimum absolute atomic E-state index is 0.0322. The first kappa shape index (κ1) is 20.3. The first-order valence-corrected chi connectivity index (χ1v) is 10.2. The maximum atomic E-state index is 13.3. The highest BCUT2D eigenvalue weighted by molar-refractivity contribution is 6.05. The Morgan fingerprint density at radius 2 is 1.90 bits per heavy atom. The number of amides is 3. The van der Waals surface area contributed by atoms with E-state index in [-0.39, 0.29) is 24.3 Å². The van der Waals surface area contributed by atoms with Gasteiger partial charge in [0, 0.05) is 37.7 Å². The average molecular weight is 406 g/mol. The van der Waals surface area contributed by atoms with Gasteiger partial charge in [-0.1, -0.05) is 48.5 Å². The normalized spacial score (nSPS) is 19.8. The van der Waals surface area contributed by atoms with Crippen molar-refractivity contribution in [2.45, 2.75) is 38.0 Å². The van der Waals surface area contributed by atoms with Gasteiger partial charge in [-0.15, -0.1) is 0 Å². The quantitative estimate of drug-likeness (QED) is 0.710. The Hall–Kier alpha value is -3.03. The largest absolute Gasteiger partial charge is 0.329 e. The van der Waals surface area contributed by atoms with Crippen molar-refractivity contribution in [1.82, 2.24) is 15.1 Å². The molecule has 0 radical (unpaired) electrons. The highest BCUT2D eigenvalue weighted by Crippen LogP contribution is 2.31. The second-order valence-electron chi connectivity index (χ2n) is 7.93. The smallest absolute Gasteiger partial charge is 0.255 e. The van der Waals surface area contributed by atoms with Gasteiger partial charge in [0.25, 0.3) is 5.91 Å². The number of carbonyl (C=O) groups is 3. The van der Waals surface area contributed by atoms with Gasteiger partial charge in [-0.05, 0) is 30.2 Å². The molecule has 0 saturated carbocycles. The molecule has 2 aliphatic heterocycles. The van der Waals surface area contributed by atoms with E-state index >= 15 is 0 Å². The molecule has 7 nitrogen and oxygen atoms in total. The Kier molecular flexibility index (Phi) is 5.65. The molecular weight excluding hydrogens is 380 g/mol. The summed E-state index contributed by atoms with van der Waals surface area (Å²) in [5.41, 5.74) is 9.69. The molecule has 2 atom stereocenters. The van der Waals surface area contributed by atoms with Gasteiger partial charge in [0.2, 0.25) is 11.8 Å². The van der Waals surface area contributed by atoms with E-state index in [4.69, 9.17) is 5.73 Å². The number of carbonyl (C=O) groups excluding carboxylic acids is 3. The lowest BCUT2D eigenvalue weighted by atomic mass is 10.0. The van der Waals surface area contributed by atoms with E-state index in [2.05, 4.69) is 22.3 Å². The Morgan fingerprint density at radius 1 is 1.13 bits per heavy atom. The van der Waals surface area contributed by atoms with Crippen molar-refractivity contribution in [2.75, 3.05) is 13.6 Å². The third-order valence-corrected chi connectivity index (χ3v) is 6.00. The number of likely N-dealkylation sites (N-methyl/N-ethyl adjacent to an activating group) is 1. The van der Waals surface area contributed by atoms with Crippen LogP contribution < -0.4 is 11.1 Å². The van der Waals surface area contributed by atoms with E-state index in [0.29, 0.717) is 31.6 Å². The lowest BCUT2D eigenvalue weighted by Crippen LogP contribution is -2.52. The molecule has 7 heteroatoms. The van der Waals surface area contributed by atoms with Gasteiger partial charge in [0.1, 0.15) is 6.04 Å². The third-order valence-electron chi connectivity index (χ3n) is 6.00. The number of nitrogens with zero attached hydrogens (tertiary/aromatic N) is 2. The fourth-order valence-electron chi connectivity index (χ4n) is 4.45. The number of benzene rings is 2. The molecule has 0 bridgehead atoms. The molecular formula is C23H26N4O3. The van der Waals surface area contributed by atoms with Crippen molar-refractivity contribution in [3.63, 3.8) is 0 Å². The zero-order valence-corrected chi connectivity index (χ0v) is 17.0. The molecule has 1 saturated heterocycles. The van der Waals surface area contributed by atoms with Crippen LogP contribution in [0, 0.1) is 0 Å². The Balaban J connectivity index is 1.56. The van der Waals surface area contributed by atoms with Gasteiger partial charge in [-0.25, -0.2) is 0 Å². The third kappa shape index (κ3) is 3.74. The number of rotatable bonds is 6. The summed E-state index contributed by atoms with van der Waals surface area (Å²) in [5.74, 6) is -0.817. The minimum atomic E-state index is -0.603. The zero-order valence-electron chi connectivity index (χ0n) is 17.0. The van der Waals surface area contributed by atoms with Crippen LogP contribution in [0.2, 0.25) is 0 Å². The van der Waals surface area contributed by atoms with Crippen molar-refractivity contribution in [1.29, 1.82) is 0 Å². The van der Waals surface area contributed by atoms with E-state index in [1.54, 1.807) is 4.90 Å². The summed E-state index contributed by atoms with van der Waals surface area (Å²) in [6, 6.07) is 15.3. The van der Waals surface area contributed by atoms with E-state index in [0.717, 1.165) is 16.7 Å². The lowest BCUT2D eigenvalue weighted by molar-refractivity contribution is -0.136. The Morgan fingerprint density at radius 3 is 2.60 bits per heavy atom. The van der Waals surface area contributed by atoms with Crippen LogP contribution in [-0.2, 0) is 22.7 Å². The van der Waals surface area contributed by atoms with Crippen LogP contribution in [0.4, 0.5) is 0 Å². The molecule has 2 aliphatic rings. The maximum absolute atomic E-state index is 13.3. The van der Waals surface area contributed by atoms with Crippen LogP contribution in [0.25, 0.3) is 0 Å². The summed E-state index contributed by atoms with van der Waals surface area (Å²) in [7, 11) is 2.00. The topological polar surface area (TPSA) is 95.7 Å². The molecule has 2 heterocycles. The molecule has 1 fully saturated rings. The number of fused-ring (bicyclic) bond motifs is 1. The molecule has 3 amide bonds. The zero-order chi connectivity index (χ0) is 21.3. The Labute approximate surface area is 175 Å². The molecule has 0 spiro atoms. The average Bonchev–Trinajstić information content (AvgIpc) is 3.07. The number of hydrogen-bond donors (Lipinski definition) is 2. The van der Waals surface area contributed by atoms with Gasteiger partial charge >= 0.3 is 0 Å². The first-order chi connectivity index (χ1) is 14.5. The lowest BCUT2D eigenvalue weighted by Gasteiger charge is -2.30. The predicted molar refractivity (Wildman–Crippen MR) is 112 cm³/mol. The second-order valence-corrected chi connectivity index (χ2v) is 7.93. The Bertz CT molecular complexity index is 976. The molecule has 2 aromatic rings. The number of hydrogen-bond acceptors (Lipinski definition) is 5. The van der Waals surface area contributed by atoms with Gasteiger partial charge in [-0.2, -0.15) is 0 Å². The number of imide groups is 1. The van der Waals surface area contributed by atoms with Crippen LogP contribution in [0.5, 0.6) is 0 Å². The molecule has 2 unspecified atom stereocenters. The predicted octanol–water partition coefficient (Wildman–Crippen LogP) is 1.58. The molecule has 4 rings (SSSR count). The summed E-state index contributed by atoms with van der Waals surface area (Å²) in [4.78, 5) is 40.7. The fraction of sp³-hybridized carbons (Fsp3) is 0.348. The van der Waals surface area contributed by atoms with Crippen LogP contribution in [0.15, 0.2) is 48.5 Å². The summed E-state index contributed by atoms with van der Waals surface area (Å²) in [6.07, 6.45) is 0.615. The van der Waals surface area contributed by atoms with Crippen molar-refractivity contribution in [3.8, 4) is 0 Å². The van der Waals surface area contributed by atoms with Crippen molar-refractivity contribution in [3.05, 3.63) is 70.8 Å². The second kappa shape index (κ2) is 8.38. The van der Waals surface area contributed by atoms with E-state index in [1.165, 1.54) is 0 Å². The fourth-order valence-corrected chi connectivity index (χ4v) is 4.45. The van der Waals surface area contributed by atoms with E-state index in [1.807, 2.05) is 43.4 Å². The molecule has 3 N–H and O–H groups in total. The molecule has 0 aromatic heterocycles. The maximum Gasteiger partial charge on any atom is 0.255 e. The highest BCUT2D eigenvalue weighted by Gasteiger charge is 2.40. The van der Waals surface area contributed by atoms with Crippen LogP contribution in [0.3, 0.4) is 0 Å². The number of nitrogens with one attached hydrogen (secondary N) is 1. The summed E-state index contributed by atoms with van der Waals surface area (Å²) >= 11 is 0.